The molecule has 4 heteroatoms. The molecular formula is C14H13N3S. The molecule has 1 aromatic rings. The van der Waals surface area contributed by atoms with Gasteiger partial charge in [0.25, 0.3) is 0 Å². The van der Waals surface area contributed by atoms with Crippen LogP contribution in [0.25, 0.3) is 0 Å². The zero-order valence-corrected chi connectivity index (χ0v) is 10.8. The van der Waals surface area contributed by atoms with Gasteiger partial charge in [-0.2, -0.15) is 5.10 Å². The molecule has 0 amide bonds. The van der Waals surface area contributed by atoms with E-state index in [1.54, 1.807) is 0 Å². The number of benzene rings is 1. The van der Waals surface area contributed by atoms with Crippen LogP contribution in [0.15, 0.2) is 65.0 Å². The largest absolute Gasteiger partial charge is 0.331 e. The molecule has 0 heterocycles. The molecule has 0 saturated heterocycles. The monoisotopic (exact) mass is 255 g/mol. The molecule has 0 fully saturated rings. The van der Waals surface area contributed by atoms with Crippen LogP contribution < -0.4 is 10.7 Å². The smallest absolute Gasteiger partial charge is 0.191 e. The van der Waals surface area contributed by atoms with Gasteiger partial charge in [0.2, 0.25) is 0 Å². The Bertz CT molecular complexity index is 564. The van der Waals surface area contributed by atoms with Gasteiger partial charge in [0.1, 0.15) is 0 Å². The van der Waals surface area contributed by atoms with Crippen LogP contribution in [0.1, 0.15) is 6.92 Å². The van der Waals surface area contributed by atoms with Gasteiger partial charge in [-0.15, -0.1) is 5.73 Å². The van der Waals surface area contributed by atoms with E-state index in [-0.39, 0.29) is 0 Å². The van der Waals surface area contributed by atoms with Crippen molar-refractivity contribution in [3.8, 4) is 0 Å². The lowest BCUT2D eigenvalue weighted by Gasteiger charge is -2.07. The number of hydrazone groups is 1. The number of para-hydroxylation sites is 1. The van der Waals surface area contributed by atoms with Crippen LogP contribution in [-0.4, -0.2) is 10.8 Å². The maximum Gasteiger partial charge on any atom is 0.191 e. The van der Waals surface area contributed by atoms with Crippen molar-refractivity contribution in [2.24, 2.45) is 5.10 Å². The highest BCUT2D eigenvalue weighted by Crippen LogP contribution is 2.05. The van der Waals surface area contributed by atoms with Crippen molar-refractivity contribution in [3.63, 3.8) is 0 Å². The van der Waals surface area contributed by atoms with Gasteiger partial charge in [-0.3, -0.25) is 5.43 Å². The zero-order chi connectivity index (χ0) is 12.8. The molecule has 3 nitrogen and oxygen atoms in total. The fourth-order valence-electron chi connectivity index (χ4n) is 1.43. The number of hydrogen-bond acceptors (Lipinski definition) is 2. The van der Waals surface area contributed by atoms with E-state index in [0.29, 0.717) is 5.11 Å². The van der Waals surface area contributed by atoms with Crippen molar-refractivity contribution >= 4 is 28.7 Å². The highest BCUT2D eigenvalue weighted by atomic mass is 32.1. The minimum absolute atomic E-state index is 0.465. The highest BCUT2D eigenvalue weighted by Gasteiger charge is 2.00. The molecule has 2 N–H and O–H groups in total. The summed E-state index contributed by atoms with van der Waals surface area (Å²) in [7, 11) is 0. The lowest BCUT2D eigenvalue weighted by Crippen LogP contribution is -2.24. The van der Waals surface area contributed by atoms with Crippen LogP contribution in [0.2, 0.25) is 0 Å². The summed E-state index contributed by atoms with van der Waals surface area (Å²) in [6.07, 6.45) is 5.73. The van der Waals surface area contributed by atoms with E-state index in [9.17, 15) is 0 Å². The Balaban J connectivity index is 1.91. The van der Waals surface area contributed by atoms with Crippen molar-refractivity contribution in [1.29, 1.82) is 0 Å². The van der Waals surface area contributed by atoms with Crippen LogP contribution in [0.5, 0.6) is 0 Å². The third-order valence-electron chi connectivity index (χ3n) is 2.34. The maximum atomic E-state index is 5.14. The van der Waals surface area contributed by atoms with Crippen LogP contribution in [0, 0.1) is 0 Å². The Hall–Kier alpha value is -2.16. The van der Waals surface area contributed by atoms with E-state index in [0.717, 1.165) is 17.0 Å². The summed E-state index contributed by atoms with van der Waals surface area (Å²) in [5, 5.41) is 7.70. The first kappa shape index (κ1) is 12.3. The Kier molecular flexibility index (Phi) is 4.07. The summed E-state index contributed by atoms with van der Waals surface area (Å²) < 4.78 is 0. The molecule has 0 unspecified atom stereocenters. The van der Waals surface area contributed by atoms with Crippen LogP contribution in [0.4, 0.5) is 5.69 Å². The molecule has 1 aromatic carbocycles. The third kappa shape index (κ3) is 3.42. The topological polar surface area (TPSA) is 36.4 Å². The Labute approximate surface area is 112 Å². The third-order valence-corrected chi connectivity index (χ3v) is 2.54. The van der Waals surface area contributed by atoms with E-state index in [1.165, 1.54) is 0 Å². The minimum atomic E-state index is 0.465. The summed E-state index contributed by atoms with van der Waals surface area (Å²) in [6.45, 7) is 1.91. The second-order valence-electron chi connectivity index (χ2n) is 3.71. The zero-order valence-electron chi connectivity index (χ0n) is 9.97. The number of nitrogens with zero attached hydrogens (tertiary/aromatic N) is 1. The van der Waals surface area contributed by atoms with Gasteiger partial charge in [-0.1, -0.05) is 24.3 Å². The molecule has 0 spiro atoms. The van der Waals surface area contributed by atoms with E-state index >= 15 is 0 Å². The van der Waals surface area contributed by atoms with Gasteiger partial charge < -0.3 is 5.32 Å². The van der Waals surface area contributed by atoms with E-state index < -0.39 is 0 Å². The Morgan fingerprint density at radius 3 is 2.72 bits per heavy atom. The summed E-state index contributed by atoms with van der Waals surface area (Å²) in [5.74, 6) is 0. The number of rotatable bonds is 3. The molecule has 2 rings (SSSR count). The second-order valence-corrected chi connectivity index (χ2v) is 4.12. The molecule has 1 aliphatic carbocycles. The molecule has 0 radical (unpaired) electrons. The lowest BCUT2D eigenvalue weighted by atomic mass is 10.2. The van der Waals surface area contributed by atoms with E-state index in [2.05, 4.69) is 21.6 Å². The van der Waals surface area contributed by atoms with Gasteiger partial charge in [0.05, 0.1) is 5.71 Å². The molecule has 0 bridgehead atoms. The fourth-order valence-corrected chi connectivity index (χ4v) is 1.59. The van der Waals surface area contributed by atoms with Crippen molar-refractivity contribution in [1.82, 2.24) is 5.43 Å². The number of hydrogen-bond donors (Lipinski definition) is 2. The fraction of sp³-hybridized carbons (Fsp3) is 0.0714. The Morgan fingerprint density at radius 2 is 2.06 bits per heavy atom. The molecule has 90 valence electrons. The summed E-state index contributed by atoms with van der Waals surface area (Å²) in [5.41, 5.74) is 8.62. The SMILES string of the molecule is C/C(=N\NC(=S)Nc1ccccc1)C1=C=CC=C1. The van der Waals surface area contributed by atoms with E-state index in [1.807, 2.05) is 55.5 Å². The van der Waals surface area contributed by atoms with Crippen molar-refractivity contribution in [3.05, 3.63) is 59.9 Å². The van der Waals surface area contributed by atoms with Gasteiger partial charge in [-0.25, -0.2) is 0 Å². The first-order valence-electron chi connectivity index (χ1n) is 5.56. The molecule has 1 aliphatic rings. The van der Waals surface area contributed by atoms with Crippen molar-refractivity contribution < 1.29 is 0 Å². The first-order valence-corrected chi connectivity index (χ1v) is 5.96. The maximum absolute atomic E-state index is 5.14. The highest BCUT2D eigenvalue weighted by molar-refractivity contribution is 7.80. The average Bonchev–Trinajstić information content (AvgIpc) is 2.91. The summed E-state index contributed by atoms with van der Waals surface area (Å²) in [6, 6.07) is 9.72. The quantitative estimate of drug-likeness (QED) is 0.377. The minimum Gasteiger partial charge on any atom is -0.331 e. The second kappa shape index (κ2) is 5.96. The Morgan fingerprint density at radius 1 is 1.28 bits per heavy atom. The molecule has 0 aromatic heterocycles. The number of nitrogens with one attached hydrogen (secondary N) is 2. The summed E-state index contributed by atoms with van der Waals surface area (Å²) in [4.78, 5) is 0. The number of anilines is 1. The lowest BCUT2D eigenvalue weighted by molar-refractivity contribution is 1.04. The molecule has 0 aliphatic heterocycles. The molecular weight excluding hydrogens is 242 g/mol. The van der Waals surface area contributed by atoms with Gasteiger partial charge >= 0.3 is 0 Å². The summed E-state index contributed by atoms with van der Waals surface area (Å²) >= 11 is 5.14. The van der Waals surface area contributed by atoms with E-state index in [4.69, 9.17) is 12.2 Å². The number of allylic oxidation sites excluding steroid dienone is 3. The first-order chi connectivity index (χ1) is 8.75. The normalized spacial score (nSPS) is 13.4. The molecule has 18 heavy (non-hydrogen) atoms. The van der Waals surface area contributed by atoms with Gasteiger partial charge in [0, 0.05) is 11.3 Å². The standard InChI is InChI=1S/C14H13N3S/c1-11(12-7-5-6-8-12)16-17-14(18)15-13-9-3-2-4-10-13/h2-7,9-10H,1H3,(H2,15,17,18)/b16-11+. The van der Waals surface area contributed by atoms with Crippen molar-refractivity contribution in [2.45, 2.75) is 6.92 Å². The van der Waals surface area contributed by atoms with Crippen molar-refractivity contribution in [2.75, 3.05) is 5.32 Å². The molecule has 0 saturated carbocycles. The van der Waals surface area contributed by atoms with Gasteiger partial charge in [-0.05, 0) is 43.4 Å². The van der Waals surface area contributed by atoms with Crippen LogP contribution >= 0.6 is 12.2 Å². The predicted molar refractivity (Wildman–Crippen MR) is 79.6 cm³/mol. The molecule has 0 atom stereocenters. The average molecular weight is 255 g/mol. The van der Waals surface area contributed by atoms with Gasteiger partial charge in [0.15, 0.2) is 5.11 Å². The van der Waals surface area contributed by atoms with Crippen LogP contribution in [-0.2, 0) is 0 Å². The van der Waals surface area contributed by atoms with Crippen LogP contribution in [0.3, 0.4) is 0 Å². The number of thiocarbonyl (C=S) groups is 1. The predicted octanol–water partition coefficient (Wildman–Crippen LogP) is 3.00.